The molecule has 1 fully saturated rings. The van der Waals surface area contributed by atoms with Crippen LogP contribution >= 0.6 is 0 Å². The summed E-state index contributed by atoms with van der Waals surface area (Å²) < 4.78 is 0. The topological polar surface area (TPSA) is 40.5 Å². The third-order valence-electron chi connectivity index (χ3n) is 4.39. The van der Waals surface area contributed by atoms with Crippen LogP contribution < -0.4 is 4.90 Å². The summed E-state index contributed by atoms with van der Waals surface area (Å²) in [4.78, 5) is 13.9. The van der Waals surface area contributed by atoms with Crippen LogP contribution in [-0.2, 0) is 0 Å². The first-order valence-electron chi connectivity index (χ1n) is 7.85. The third kappa shape index (κ3) is 2.84. The van der Waals surface area contributed by atoms with Crippen LogP contribution in [-0.4, -0.2) is 24.2 Å². The molecule has 0 radical (unpaired) electrons. The van der Waals surface area contributed by atoms with Crippen molar-refractivity contribution in [2.45, 2.75) is 26.2 Å². The summed E-state index contributed by atoms with van der Waals surface area (Å²) in [5.74, 6) is -0.872. The monoisotopic (exact) mass is 295 g/mol. The van der Waals surface area contributed by atoms with Crippen LogP contribution in [0.1, 0.15) is 35.2 Å². The second-order valence-electron chi connectivity index (χ2n) is 5.90. The van der Waals surface area contributed by atoms with Crippen molar-refractivity contribution >= 4 is 11.7 Å². The van der Waals surface area contributed by atoms with E-state index in [1.54, 1.807) is 6.07 Å². The zero-order valence-corrected chi connectivity index (χ0v) is 12.9. The highest BCUT2D eigenvalue weighted by molar-refractivity contribution is 5.97. The predicted molar refractivity (Wildman–Crippen MR) is 89.6 cm³/mol. The minimum Gasteiger partial charge on any atom is -0.478 e. The molecule has 2 aromatic rings. The number of carboxylic acids is 1. The van der Waals surface area contributed by atoms with E-state index in [1.165, 1.54) is 19.3 Å². The van der Waals surface area contributed by atoms with Crippen LogP contribution in [0.15, 0.2) is 42.5 Å². The second-order valence-corrected chi connectivity index (χ2v) is 5.90. The summed E-state index contributed by atoms with van der Waals surface area (Å²) in [5, 5.41) is 9.51. The van der Waals surface area contributed by atoms with Gasteiger partial charge >= 0.3 is 5.97 Å². The third-order valence-corrected chi connectivity index (χ3v) is 4.39. The molecule has 3 heteroatoms. The molecule has 3 rings (SSSR count). The van der Waals surface area contributed by atoms with Gasteiger partial charge in [0.15, 0.2) is 0 Å². The Hall–Kier alpha value is -2.29. The molecule has 1 aliphatic heterocycles. The maximum atomic E-state index is 11.6. The van der Waals surface area contributed by atoms with E-state index >= 15 is 0 Å². The minimum atomic E-state index is -0.872. The van der Waals surface area contributed by atoms with E-state index in [-0.39, 0.29) is 0 Å². The molecular formula is C19H21NO2. The lowest BCUT2D eigenvalue weighted by Crippen LogP contribution is -2.29. The van der Waals surface area contributed by atoms with Gasteiger partial charge in [-0.2, -0.15) is 0 Å². The Balaban J connectivity index is 2.09. The number of hydrogen-bond donors (Lipinski definition) is 1. The van der Waals surface area contributed by atoms with Crippen LogP contribution in [0, 0.1) is 6.92 Å². The highest BCUT2D eigenvalue weighted by atomic mass is 16.4. The number of aromatic carboxylic acids is 1. The van der Waals surface area contributed by atoms with Crippen LogP contribution in [0.2, 0.25) is 0 Å². The van der Waals surface area contributed by atoms with Gasteiger partial charge in [0.2, 0.25) is 0 Å². The number of carboxylic acid groups (broad SMARTS) is 1. The van der Waals surface area contributed by atoms with Gasteiger partial charge in [0.1, 0.15) is 0 Å². The van der Waals surface area contributed by atoms with E-state index in [2.05, 4.69) is 4.90 Å². The Morgan fingerprint density at radius 3 is 2.41 bits per heavy atom. The van der Waals surface area contributed by atoms with Gasteiger partial charge in [-0.25, -0.2) is 4.79 Å². The van der Waals surface area contributed by atoms with Gasteiger partial charge in [-0.1, -0.05) is 24.3 Å². The molecule has 1 N–H and O–H groups in total. The molecule has 0 saturated carbocycles. The normalized spacial score (nSPS) is 14.9. The van der Waals surface area contributed by atoms with Crippen LogP contribution in [0.4, 0.5) is 5.69 Å². The first kappa shape index (κ1) is 14.6. The summed E-state index contributed by atoms with van der Waals surface area (Å²) in [7, 11) is 0. The number of rotatable bonds is 3. The van der Waals surface area contributed by atoms with E-state index in [9.17, 15) is 9.90 Å². The van der Waals surface area contributed by atoms with Gasteiger partial charge in [0.25, 0.3) is 0 Å². The zero-order chi connectivity index (χ0) is 15.5. The van der Waals surface area contributed by atoms with Gasteiger partial charge in [-0.15, -0.1) is 0 Å². The smallest absolute Gasteiger partial charge is 0.336 e. The second kappa shape index (κ2) is 6.22. The average Bonchev–Trinajstić information content (AvgIpc) is 2.55. The molecule has 3 nitrogen and oxygen atoms in total. The summed E-state index contributed by atoms with van der Waals surface area (Å²) in [6.07, 6.45) is 3.70. The molecule has 0 amide bonds. The van der Waals surface area contributed by atoms with Crippen LogP contribution in [0.3, 0.4) is 0 Å². The van der Waals surface area contributed by atoms with Crippen molar-refractivity contribution in [1.82, 2.24) is 0 Å². The fourth-order valence-electron chi connectivity index (χ4n) is 3.17. The Morgan fingerprint density at radius 2 is 1.73 bits per heavy atom. The van der Waals surface area contributed by atoms with E-state index in [0.29, 0.717) is 5.56 Å². The maximum Gasteiger partial charge on any atom is 0.336 e. The zero-order valence-electron chi connectivity index (χ0n) is 12.9. The molecule has 22 heavy (non-hydrogen) atoms. The summed E-state index contributed by atoms with van der Waals surface area (Å²) in [6, 6.07) is 13.7. The molecule has 0 bridgehead atoms. The average molecular weight is 295 g/mol. The van der Waals surface area contributed by atoms with E-state index in [0.717, 1.165) is 35.5 Å². The lowest BCUT2D eigenvalue weighted by molar-refractivity contribution is 0.0698. The molecule has 114 valence electrons. The fraction of sp³-hybridized carbons (Fsp3) is 0.316. The first-order chi connectivity index (χ1) is 10.7. The van der Waals surface area contributed by atoms with E-state index in [1.807, 2.05) is 43.3 Å². The molecular weight excluding hydrogens is 274 g/mol. The molecule has 0 aliphatic carbocycles. The largest absolute Gasteiger partial charge is 0.478 e. The van der Waals surface area contributed by atoms with Gasteiger partial charge in [0.05, 0.1) is 5.56 Å². The molecule has 1 saturated heterocycles. The number of anilines is 1. The maximum absolute atomic E-state index is 11.6. The highest BCUT2D eigenvalue weighted by Crippen LogP contribution is 2.32. The Bertz CT molecular complexity index is 688. The Kier molecular flexibility index (Phi) is 4.14. The standard InChI is InChI=1S/C19H21NO2/c1-14-7-3-4-8-16(14)18-13-15(9-10-17(18)19(21)22)20-11-5-2-6-12-20/h3-4,7-10,13H,2,5-6,11-12H2,1H3,(H,21,22). The molecule has 1 heterocycles. The molecule has 0 atom stereocenters. The first-order valence-corrected chi connectivity index (χ1v) is 7.85. The van der Waals surface area contributed by atoms with Crippen LogP contribution in [0.5, 0.6) is 0 Å². The van der Waals surface area contributed by atoms with Crippen molar-refractivity contribution < 1.29 is 9.90 Å². The van der Waals surface area contributed by atoms with Crippen molar-refractivity contribution in [3.8, 4) is 11.1 Å². The van der Waals surface area contributed by atoms with Crippen LogP contribution in [0.25, 0.3) is 11.1 Å². The lowest BCUT2D eigenvalue weighted by atomic mass is 9.95. The highest BCUT2D eigenvalue weighted by Gasteiger charge is 2.17. The van der Waals surface area contributed by atoms with E-state index in [4.69, 9.17) is 0 Å². The van der Waals surface area contributed by atoms with Gasteiger partial charge < -0.3 is 10.0 Å². The number of hydrogen-bond acceptors (Lipinski definition) is 2. The van der Waals surface area contributed by atoms with Gasteiger partial charge in [-0.3, -0.25) is 0 Å². The number of piperidine rings is 1. The molecule has 1 aliphatic rings. The molecule has 0 unspecified atom stereocenters. The SMILES string of the molecule is Cc1ccccc1-c1cc(N2CCCCC2)ccc1C(=O)O. The summed E-state index contributed by atoms with van der Waals surface area (Å²) >= 11 is 0. The lowest BCUT2D eigenvalue weighted by Gasteiger charge is -2.29. The number of carbonyl (C=O) groups is 1. The van der Waals surface area contributed by atoms with E-state index < -0.39 is 5.97 Å². The van der Waals surface area contributed by atoms with Crippen molar-refractivity contribution in [2.75, 3.05) is 18.0 Å². The fourth-order valence-corrected chi connectivity index (χ4v) is 3.17. The van der Waals surface area contributed by atoms with Crippen molar-refractivity contribution in [2.24, 2.45) is 0 Å². The summed E-state index contributed by atoms with van der Waals surface area (Å²) in [5.41, 5.74) is 4.41. The molecule has 0 spiro atoms. The predicted octanol–water partition coefficient (Wildman–Crippen LogP) is 4.35. The molecule has 2 aromatic carbocycles. The summed E-state index contributed by atoms with van der Waals surface area (Å²) in [6.45, 7) is 4.13. The van der Waals surface area contributed by atoms with Gasteiger partial charge in [0, 0.05) is 18.8 Å². The number of aryl methyl sites for hydroxylation is 1. The molecule has 0 aromatic heterocycles. The quantitative estimate of drug-likeness (QED) is 0.915. The number of nitrogens with zero attached hydrogens (tertiary/aromatic N) is 1. The Labute approximate surface area is 131 Å². The minimum absolute atomic E-state index is 0.370. The number of benzene rings is 2. The Morgan fingerprint density at radius 1 is 1.00 bits per heavy atom. The van der Waals surface area contributed by atoms with Gasteiger partial charge in [-0.05, 0) is 61.1 Å². The van der Waals surface area contributed by atoms with Crippen molar-refractivity contribution in [3.05, 3.63) is 53.6 Å². The van der Waals surface area contributed by atoms with Crippen molar-refractivity contribution in [3.63, 3.8) is 0 Å². The van der Waals surface area contributed by atoms with Crippen molar-refractivity contribution in [1.29, 1.82) is 0 Å².